The van der Waals surface area contributed by atoms with Crippen molar-refractivity contribution in [3.63, 3.8) is 0 Å². The lowest BCUT2D eigenvalue weighted by Gasteiger charge is -2.15. The molecule has 1 heterocycles. The van der Waals surface area contributed by atoms with E-state index in [1.165, 1.54) is 24.3 Å². The molecule has 0 aliphatic heterocycles. The molecule has 1 aromatic carbocycles. The molecule has 0 aliphatic carbocycles. The van der Waals surface area contributed by atoms with Gasteiger partial charge in [-0.05, 0) is 12.1 Å². The largest absolute Gasteiger partial charge is 0.574 e. The standard InChI is InChI=1S/C15H13F5N2O3.CH5N3O/c1-21-10-4-2-5-11(24-14(16)17)9(10)8-23-12-6-3-7-13(22-12)25-15(18,19)20;2-4-3-1-5/h2-7,14,21H,8H2,1H3;1,4H,2H2,(H,3,5). The summed E-state index contributed by atoms with van der Waals surface area (Å²) in [6.07, 6.45) is -4.44. The normalized spacial score (nSPS) is 10.5. The van der Waals surface area contributed by atoms with Crippen molar-refractivity contribution in [3.05, 3.63) is 42.0 Å². The quantitative estimate of drug-likeness (QED) is 0.203. The van der Waals surface area contributed by atoms with Gasteiger partial charge in [0.05, 0.1) is 5.56 Å². The highest BCUT2D eigenvalue weighted by Gasteiger charge is 2.31. The molecule has 0 spiro atoms. The third-order valence-corrected chi connectivity index (χ3v) is 3.04. The fraction of sp³-hybridized carbons (Fsp3) is 0.250. The molecular weight excluding hydrogens is 421 g/mol. The third kappa shape index (κ3) is 9.20. The Hall–Kier alpha value is -3.39. The van der Waals surface area contributed by atoms with Gasteiger partial charge in [0.1, 0.15) is 12.4 Å². The molecule has 0 unspecified atom stereocenters. The van der Waals surface area contributed by atoms with E-state index >= 15 is 0 Å². The molecule has 2 rings (SSSR count). The zero-order chi connectivity index (χ0) is 22.6. The van der Waals surface area contributed by atoms with Gasteiger partial charge in [0, 0.05) is 24.9 Å². The molecule has 166 valence electrons. The van der Waals surface area contributed by atoms with Gasteiger partial charge in [-0.3, -0.25) is 16.1 Å². The number of nitrogens with one attached hydrogen (secondary N) is 3. The number of hydrazine groups is 2. The first-order chi connectivity index (χ1) is 14.2. The van der Waals surface area contributed by atoms with Crippen LogP contribution in [0.3, 0.4) is 0 Å². The topological polar surface area (TPSA) is 120 Å². The summed E-state index contributed by atoms with van der Waals surface area (Å²) in [6, 6.07) is 8.00. The van der Waals surface area contributed by atoms with E-state index in [1.54, 1.807) is 13.1 Å². The molecule has 0 radical (unpaired) electrons. The van der Waals surface area contributed by atoms with Crippen molar-refractivity contribution in [2.75, 3.05) is 12.4 Å². The van der Waals surface area contributed by atoms with Crippen LogP contribution in [0.1, 0.15) is 5.56 Å². The third-order valence-electron chi connectivity index (χ3n) is 3.04. The van der Waals surface area contributed by atoms with Gasteiger partial charge in [-0.1, -0.05) is 12.1 Å². The Balaban J connectivity index is 0.000000804. The fourth-order valence-corrected chi connectivity index (χ4v) is 1.99. The predicted octanol–water partition coefficient (Wildman–Crippen LogP) is 2.31. The molecule has 0 saturated carbocycles. The van der Waals surface area contributed by atoms with Crippen molar-refractivity contribution < 1.29 is 41.0 Å². The Morgan fingerprint density at radius 2 is 1.83 bits per heavy atom. The van der Waals surface area contributed by atoms with Crippen molar-refractivity contribution in [2.45, 2.75) is 19.6 Å². The van der Waals surface area contributed by atoms with Crippen LogP contribution >= 0.6 is 0 Å². The predicted molar refractivity (Wildman–Crippen MR) is 94.4 cm³/mol. The minimum Gasteiger partial charge on any atom is -0.472 e. The van der Waals surface area contributed by atoms with Crippen LogP contribution in [0.2, 0.25) is 0 Å². The van der Waals surface area contributed by atoms with Crippen LogP contribution in [0.15, 0.2) is 36.4 Å². The maximum absolute atomic E-state index is 12.5. The Kier molecular flexibility index (Phi) is 10.0. The SMILES string of the molecule is CNc1cccc(OC(F)F)c1COc1cccc(OC(F)(F)F)n1.NNNC=O. The summed E-state index contributed by atoms with van der Waals surface area (Å²) in [6.45, 7) is -3.30. The first-order valence-corrected chi connectivity index (χ1v) is 7.95. The van der Waals surface area contributed by atoms with Crippen molar-refractivity contribution in [3.8, 4) is 17.5 Å². The zero-order valence-electron chi connectivity index (χ0n) is 15.4. The number of halogens is 5. The Morgan fingerprint density at radius 1 is 1.17 bits per heavy atom. The number of hydrogen-bond donors (Lipinski definition) is 4. The number of carbonyl (C=O) groups excluding carboxylic acids is 1. The average Bonchev–Trinajstić information content (AvgIpc) is 2.66. The highest BCUT2D eigenvalue weighted by Crippen LogP contribution is 2.29. The van der Waals surface area contributed by atoms with Crippen LogP contribution in [0.25, 0.3) is 0 Å². The monoisotopic (exact) mass is 439 g/mol. The van der Waals surface area contributed by atoms with Crippen molar-refractivity contribution in [2.24, 2.45) is 5.84 Å². The van der Waals surface area contributed by atoms with Crippen LogP contribution in [0, 0.1) is 0 Å². The van der Waals surface area contributed by atoms with E-state index in [0.29, 0.717) is 12.1 Å². The first-order valence-electron chi connectivity index (χ1n) is 7.95. The van der Waals surface area contributed by atoms with Gasteiger partial charge < -0.3 is 19.5 Å². The zero-order valence-corrected chi connectivity index (χ0v) is 15.4. The van der Waals surface area contributed by atoms with Crippen LogP contribution < -0.4 is 36.3 Å². The van der Waals surface area contributed by atoms with E-state index < -0.39 is 18.9 Å². The molecule has 2 aromatic rings. The summed E-state index contributed by atoms with van der Waals surface area (Å²) < 4.78 is 75.0. The lowest BCUT2D eigenvalue weighted by molar-refractivity contribution is -0.276. The summed E-state index contributed by atoms with van der Waals surface area (Å²) in [7, 11) is 1.57. The molecule has 30 heavy (non-hydrogen) atoms. The van der Waals surface area contributed by atoms with Gasteiger partial charge in [-0.25, -0.2) is 0 Å². The number of nitrogens with two attached hydrogens (primary N) is 1. The van der Waals surface area contributed by atoms with E-state index in [4.69, 9.17) is 9.53 Å². The molecule has 0 saturated heterocycles. The number of rotatable bonds is 9. The first kappa shape index (κ1) is 24.6. The summed E-state index contributed by atoms with van der Waals surface area (Å²) in [5, 5.41) is 2.79. The lowest BCUT2D eigenvalue weighted by atomic mass is 10.1. The molecule has 14 heteroatoms. The number of pyridine rings is 1. The highest BCUT2D eigenvalue weighted by atomic mass is 19.4. The van der Waals surface area contributed by atoms with Crippen molar-refractivity contribution >= 4 is 12.1 Å². The maximum Gasteiger partial charge on any atom is 0.574 e. The number of benzene rings is 1. The average molecular weight is 439 g/mol. The Morgan fingerprint density at radius 3 is 2.37 bits per heavy atom. The van der Waals surface area contributed by atoms with Crippen LogP contribution in [-0.4, -0.2) is 31.4 Å². The molecule has 0 fully saturated rings. The van der Waals surface area contributed by atoms with Gasteiger partial charge in [-0.2, -0.15) is 19.3 Å². The Bertz CT molecular complexity index is 795. The molecule has 9 nitrogen and oxygen atoms in total. The molecule has 1 aromatic heterocycles. The summed E-state index contributed by atoms with van der Waals surface area (Å²) in [5.41, 5.74) is 4.58. The minimum atomic E-state index is -4.89. The van der Waals surface area contributed by atoms with E-state index in [2.05, 4.69) is 25.6 Å². The van der Waals surface area contributed by atoms with E-state index in [1.807, 2.05) is 11.0 Å². The lowest BCUT2D eigenvalue weighted by Crippen LogP contribution is -2.36. The van der Waals surface area contributed by atoms with Crippen LogP contribution in [0.4, 0.5) is 27.6 Å². The fourth-order valence-electron chi connectivity index (χ4n) is 1.99. The number of aromatic nitrogens is 1. The molecular formula is C16H18F5N5O4. The van der Waals surface area contributed by atoms with E-state index in [9.17, 15) is 22.0 Å². The van der Waals surface area contributed by atoms with Crippen LogP contribution in [-0.2, 0) is 11.4 Å². The van der Waals surface area contributed by atoms with Gasteiger partial charge in [0.2, 0.25) is 18.2 Å². The number of anilines is 1. The molecule has 0 aliphatic rings. The molecule has 1 amide bonds. The second-order valence-corrected chi connectivity index (χ2v) is 4.97. The van der Waals surface area contributed by atoms with Gasteiger partial charge >= 0.3 is 13.0 Å². The molecule has 0 bridgehead atoms. The number of alkyl halides is 5. The van der Waals surface area contributed by atoms with Crippen molar-refractivity contribution in [1.29, 1.82) is 0 Å². The van der Waals surface area contributed by atoms with Crippen molar-refractivity contribution in [1.82, 2.24) is 15.9 Å². The Labute approximate surface area is 167 Å². The van der Waals surface area contributed by atoms with E-state index in [-0.39, 0.29) is 23.8 Å². The second-order valence-electron chi connectivity index (χ2n) is 4.97. The molecule has 0 atom stereocenters. The number of ether oxygens (including phenoxy) is 3. The molecule has 5 N–H and O–H groups in total. The van der Waals surface area contributed by atoms with Gasteiger partial charge in [0.25, 0.3) is 0 Å². The van der Waals surface area contributed by atoms with Gasteiger partial charge in [-0.15, -0.1) is 13.2 Å². The number of amides is 1. The van der Waals surface area contributed by atoms with Crippen LogP contribution in [0.5, 0.6) is 17.5 Å². The maximum atomic E-state index is 12.5. The summed E-state index contributed by atoms with van der Waals surface area (Å²) >= 11 is 0. The number of hydrogen-bond acceptors (Lipinski definition) is 8. The second kappa shape index (κ2) is 12.2. The van der Waals surface area contributed by atoms with Gasteiger partial charge in [0.15, 0.2) is 0 Å². The summed E-state index contributed by atoms with van der Waals surface area (Å²) in [5.74, 6) is 3.56. The summed E-state index contributed by atoms with van der Waals surface area (Å²) in [4.78, 5) is 12.7. The smallest absolute Gasteiger partial charge is 0.472 e. The highest BCUT2D eigenvalue weighted by molar-refractivity contribution is 5.57. The number of nitrogens with zero attached hydrogens (tertiary/aromatic N) is 1. The minimum absolute atomic E-state index is 0.121. The van der Waals surface area contributed by atoms with E-state index in [0.717, 1.165) is 6.07 Å². The number of carbonyl (C=O) groups is 1.